The van der Waals surface area contributed by atoms with Crippen LogP contribution < -0.4 is 9.46 Å². The minimum Gasteiger partial charge on any atom is -0.494 e. The van der Waals surface area contributed by atoms with Crippen molar-refractivity contribution >= 4 is 15.7 Å². The van der Waals surface area contributed by atoms with E-state index in [1.807, 2.05) is 0 Å². The van der Waals surface area contributed by atoms with E-state index in [1.54, 1.807) is 0 Å². The smallest absolute Gasteiger partial charge is 0.262 e. The Morgan fingerprint density at radius 2 is 1.86 bits per heavy atom. The highest BCUT2D eigenvalue weighted by Crippen LogP contribution is 2.27. The molecule has 0 aliphatic heterocycles. The van der Waals surface area contributed by atoms with Crippen LogP contribution in [-0.2, 0) is 16.6 Å². The first-order valence-corrected chi connectivity index (χ1v) is 7.51. The topological polar surface area (TPSA) is 75.6 Å². The van der Waals surface area contributed by atoms with Gasteiger partial charge in [-0.15, -0.1) is 0 Å². The third-order valence-electron chi connectivity index (χ3n) is 2.82. The average molecular weight is 311 g/mol. The Hall–Kier alpha value is -2.12. The van der Waals surface area contributed by atoms with Gasteiger partial charge in [0.05, 0.1) is 24.3 Å². The van der Waals surface area contributed by atoms with Crippen molar-refractivity contribution in [3.63, 3.8) is 0 Å². The number of methoxy groups -OCH3 is 1. The van der Waals surface area contributed by atoms with Gasteiger partial charge in [0.15, 0.2) is 0 Å². The zero-order chi connectivity index (χ0) is 15.5. The molecular weight excluding hydrogens is 297 g/mol. The number of anilines is 1. The lowest BCUT2D eigenvalue weighted by Crippen LogP contribution is -2.13. The van der Waals surface area contributed by atoms with Crippen LogP contribution in [-0.4, -0.2) is 20.6 Å². The van der Waals surface area contributed by atoms with Crippen molar-refractivity contribution in [2.75, 3.05) is 11.8 Å². The fourth-order valence-corrected chi connectivity index (χ4v) is 2.80. The second-order valence-corrected chi connectivity index (χ2v) is 5.93. The van der Waals surface area contributed by atoms with Crippen LogP contribution in [0.4, 0.5) is 10.1 Å². The standard InChI is InChI=1S/C14H14FNO4S/c1-20-14-8-11(15)4-7-13(14)16-21(18,19)12-5-2-10(9-17)3-6-12/h2-8,16-17H,9H2,1H3. The maximum absolute atomic E-state index is 13.1. The van der Waals surface area contributed by atoms with Gasteiger partial charge in [0.25, 0.3) is 10.0 Å². The van der Waals surface area contributed by atoms with Crippen molar-refractivity contribution in [1.29, 1.82) is 0 Å². The Labute approximate surface area is 122 Å². The minimum absolute atomic E-state index is 0.0334. The van der Waals surface area contributed by atoms with Crippen LogP contribution in [0.1, 0.15) is 5.56 Å². The molecule has 5 nitrogen and oxygen atoms in total. The van der Waals surface area contributed by atoms with Crippen molar-refractivity contribution in [2.24, 2.45) is 0 Å². The van der Waals surface area contributed by atoms with Crippen LogP contribution in [0.25, 0.3) is 0 Å². The molecule has 0 bridgehead atoms. The van der Waals surface area contributed by atoms with Gasteiger partial charge in [-0.2, -0.15) is 0 Å². The summed E-state index contributed by atoms with van der Waals surface area (Å²) in [6.45, 7) is -0.167. The third kappa shape index (κ3) is 3.50. The summed E-state index contributed by atoms with van der Waals surface area (Å²) in [7, 11) is -2.50. The molecule has 0 saturated carbocycles. The SMILES string of the molecule is COc1cc(F)ccc1NS(=O)(=O)c1ccc(CO)cc1. The fraction of sp³-hybridized carbons (Fsp3) is 0.143. The third-order valence-corrected chi connectivity index (χ3v) is 4.21. The number of rotatable bonds is 5. The predicted molar refractivity (Wildman–Crippen MR) is 76.1 cm³/mol. The Bertz CT molecular complexity index is 729. The summed E-state index contributed by atoms with van der Waals surface area (Å²) in [6, 6.07) is 9.29. The first kappa shape index (κ1) is 15.3. The molecule has 2 aromatic rings. The van der Waals surface area contributed by atoms with E-state index in [9.17, 15) is 12.8 Å². The second-order valence-electron chi connectivity index (χ2n) is 4.25. The van der Waals surface area contributed by atoms with Crippen molar-refractivity contribution in [1.82, 2.24) is 0 Å². The number of nitrogens with one attached hydrogen (secondary N) is 1. The average Bonchev–Trinajstić information content (AvgIpc) is 2.49. The quantitative estimate of drug-likeness (QED) is 0.887. The van der Waals surface area contributed by atoms with E-state index in [0.717, 1.165) is 12.1 Å². The lowest BCUT2D eigenvalue weighted by molar-refractivity contribution is 0.282. The highest BCUT2D eigenvalue weighted by Gasteiger charge is 2.16. The molecule has 0 saturated heterocycles. The first-order chi connectivity index (χ1) is 9.96. The molecule has 0 heterocycles. The van der Waals surface area contributed by atoms with E-state index in [2.05, 4.69) is 4.72 Å². The maximum atomic E-state index is 13.1. The van der Waals surface area contributed by atoms with Crippen LogP contribution >= 0.6 is 0 Å². The van der Waals surface area contributed by atoms with Crippen molar-refractivity contribution in [2.45, 2.75) is 11.5 Å². The number of aliphatic hydroxyl groups excluding tert-OH is 1. The molecule has 0 aliphatic rings. The molecule has 2 N–H and O–H groups in total. The Morgan fingerprint density at radius 3 is 2.43 bits per heavy atom. The summed E-state index contributed by atoms with van der Waals surface area (Å²) in [6.07, 6.45) is 0. The molecule has 112 valence electrons. The first-order valence-electron chi connectivity index (χ1n) is 6.02. The van der Waals surface area contributed by atoms with Crippen LogP contribution in [0.2, 0.25) is 0 Å². The number of aliphatic hydroxyl groups is 1. The summed E-state index contributed by atoms with van der Waals surface area (Å²) in [5.74, 6) is -0.437. The van der Waals surface area contributed by atoms with E-state index in [0.29, 0.717) is 5.56 Å². The number of hydrogen-bond acceptors (Lipinski definition) is 4. The molecule has 0 amide bonds. The summed E-state index contributed by atoms with van der Waals surface area (Å²) < 4.78 is 44.8. The monoisotopic (exact) mass is 311 g/mol. The van der Waals surface area contributed by atoms with Gasteiger partial charge < -0.3 is 9.84 Å². The molecule has 0 aliphatic carbocycles. The van der Waals surface area contributed by atoms with Crippen LogP contribution in [0.5, 0.6) is 5.75 Å². The minimum atomic E-state index is -3.82. The molecule has 2 rings (SSSR count). The van der Waals surface area contributed by atoms with E-state index in [1.165, 1.54) is 37.4 Å². The normalized spacial score (nSPS) is 11.2. The molecule has 7 heteroatoms. The number of hydrogen-bond donors (Lipinski definition) is 2. The van der Waals surface area contributed by atoms with Gasteiger partial charge in [-0.25, -0.2) is 12.8 Å². The van der Waals surface area contributed by atoms with Crippen molar-refractivity contribution in [3.8, 4) is 5.75 Å². The van der Waals surface area contributed by atoms with Crippen LogP contribution in [0.15, 0.2) is 47.4 Å². The van der Waals surface area contributed by atoms with E-state index >= 15 is 0 Å². The molecular formula is C14H14FNO4S. The molecule has 0 spiro atoms. The lowest BCUT2D eigenvalue weighted by Gasteiger charge is -2.12. The summed E-state index contributed by atoms with van der Waals surface area (Å²) in [5.41, 5.74) is 0.749. The summed E-state index contributed by atoms with van der Waals surface area (Å²) >= 11 is 0. The zero-order valence-electron chi connectivity index (χ0n) is 11.2. The van der Waals surface area contributed by atoms with Crippen molar-refractivity contribution < 1.29 is 22.7 Å². The molecule has 0 aromatic heterocycles. The van der Waals surface area contributed by atoms with Gasteiger partial charge in [0, 0.05) is 6.07 Å². The second kappa shape index (κ2) is 6.11. The number of halogens is 1. The molecule has 0 unspecified atom stereocenters. The Kier molecular flexibility index (Phi) is 4.44. The molecule has 0 atom stereocenters. The number of ether oxygens (including phenoxy) is 1. The molecule has 0 fully saturated rings. The van der Waals surface area contributed by atoms with Crippen molar-refractivity contribution in [3.05, 3.63) is 53.8 Å². The molecule has 2 aromatic carbocycles. The van der Waals surface area contributed by atoms with Gasteiger partial charge in [0.2, 0.25) is 0 Å². The fourth-order valence-electron chi connectivity index (χ4n) is 1.73. The predicted octanol–water partition coefficient (Wildman–Crippen LogP) is 2.13. The van der Waals surface area contributed by atoms with E-state index in [-0.39, 0.29) is 22.9 Å². The zero-order valence-corrected chi connectivity index (χ0v) is 12.0. The maximum Gasteiger partial charge on any atom is 0.262 e. The van der Waals surface area contributed by atoms with Crippen LogP contribution in [0.3, 0.4) is 0 Å². The summed E-state index contributed by atoms with van der Waals surface area (Å²) in [4.78, 5) is 0.0334. The van der Waals surface area contributed by atoms with Gasteiger partial charge in [0.1, 0.15) is 11.6 Å². The number of benzene rings is 2. The lowest BCUT2D eigenvalue weighted by atomic mass is 10.2. The molecule has 0 radical (unpaired) electrons. The Balaban J connectivity index is 2.32. The van der Waals surface area contributed by atoms with E-state index in [4.69, 9.17) is 9.84 Å². The highest BCUT2D eigenvalue weighted by atomic mass is 32.2. The van der Waals surface area contributed by atoms with Gasteiger partial charge in [-0.1, -0.05) is 12.1 Å². The van der Waals surface area contributed by atoms with E-state index < -0.39 is 15.8 Å². The Morgan fingerprint density at radius 1 is 1.19 bits per heavy atom. The number of sulfonamides is 1. The summed E-state index contributed by atoms with van der Waals surface area (Å²) in [5, 5.41) is 8.94. The van der Waals surface area contributed by atoms with Gasteiger partial charge in [-0.3, -0.25) is 4.72 Å². The van der Waals surface area contributed by atoms with Crippen LogP contribution in [0, 0.1) is 5.82 Å². The molecule has 21 heavy (non-hydrogen) atoms. The largest absolute Gasteiger partial charge is 0.494 e. The highest BCUT2D eigenvalue weighted by molar-refractivity contribution is 7.92. The van der Waals surface area contributed by atoms with Gasteiger partial charge >= 0.3 is 0 Å². The van der Waals surface area contributed by atoms with Gasteiger partial charge in [-0.05, 0) is 29.8 Å².